The summed E-state index contributed by atoms with van der Waals surface area (Å²) in [4.78, 5) is 41.0. The van der Waals surface area contributed by atoms with Crippen molar-refractivity contribution >= 4 is 52.3 Å². The van der Waals surface area contributed by atoms with Gasteiger partial charge in [-0.25, -0.2) is 0 Å². The van der Waals surface area contributed by atoms with Crippen LogP contribution in [0.15, 0.2) is 48.5 Å². The lowest BCUT2D eigenvalue weighted by atomic mass is 10.0. The number of carbonyl (C=O) groups is 3. The molecule has 0 saturated heterocycles. The smallest absolute Gasteiger partial charge is 0.256 e. The van der Waals surface area contributed by atoms with E-state index in [0.29, 0.717) is 45.0 Å². The van der Waals surface area contributed by atoms with Crippen LogP contribution in [-0.2, 0) is 9.59 Å². The molecule has 8 nitrogen and oxygen atoms in total. The summed E-state index contributed by atoms with van der Waals surface area (Å²) in [5.41, 5.74) is 5.52. The monoisotopic (exact) mass is 506 g/mol. The molecule has 1 aliphatic rings. The number of aryl methyl sites for hydroxylation is 1. The number of amides is 3. The van der Waals surface area contributed by atoms with E-state index in [1.54, 1.807) is 38.1 Å². The molecule has 4 rings (SSSR count). The van der Waals surface area contributed by atoms with Gasteiger partial charge in [-0.05, 0) is 56.2 Å². The van der Waals surface area contributed by atoms with Crippen LogP contribution in [0.4, 0.5) is 11.4 Å². The molecule has 9 heteroatoms. The number of halogens is 1. The minimum Gasteiger partial charge on any atom is -0.382 e. The van der Waals surface area contributed by atoms with Crippen molar-refractivity contribution in [1.82, 2.24) is 10.3 Å². The van der Waals surface area contributed by atoms with Crippen molar-refractivity contribution in [3.8, 4) is 0 Å². The zero-order valence-electron chi connectivity index (χ0n) is 20.1. The Labute approximate surface area is 213 Å². The second kappa shape index (κ2) is 10.4. The molecule has 36 heavy (non-hydrogen) atoms. The van der Waals surface area contributed by atoms with E-state index in [2.05, 4.69) is 20.9 Å². The van der Waals surface area contributed by atoms with Crippen LogP contribution in [0.5, 0.6) is 0 Å². The van der Waals surface area contributed by atoms with E-state index in [-0.39, 0.29) is 23.7 Å². The van der Waals surface area contributed by atoms with Crippen LogP contribution in [0.3, 0.4) is 0 Å². The molecule has 3 amide bonds. The maximum Gasteiger partial charge on any atom is 0.256 e. The summed E-state index contributed by atoms with van der Waals surface area (Å²) < 4.78 is 0. The number of carbonyl (C=O) groups excluding carboxylic acids is 3. The zero-order valence-corrected chi connectivity index (χ0v) is 20.9. The van der Waals surface area contributed by atoms with Gasteiger partial charge in [-0.15, -0.1) is 11.6 Å². The summed E-state index contributed by atoms with van der Waals surface area (Å²) in [6.45, 7) is 5.48. The molecule has 186 valence electrons. The molecule has 1 aromatic heterocycles. The summed E-state index contributed by atoms with van der Waals surface area (Å²) in [5, 5.41) is 18.2. The van der Waals surface area contributed by atoms with Crippen molar-refractivity contribution in [2.24, 2.45) is 0 Å². The van der Waals surface area contributed by atoms with E-state index in [9.17, 15) is 19.5 Å². The molecule has 1 unspecified atom stereocenters. The number of aliphatic hydroxyl groups excluding tert-OH is 1. The molecule has 3 aromatic rings. The van der Waals surface area contributed by atoms with Gasteiger partial charge in [0.05, 0.1) is 23.2 Å². The number of H-pyrrole nitrogens is 1. The van der Waals surface area contributed by atoms with Gasteiger partial charge in [0.15, 0.2) is 0 Å². The Balaban J connectivity index is 1.61. The quantitative estimate of drug-likeness (QED) is 0.244. The molecular formula is C27H27ClN4O4. The molecule has 0 bridgehead atoms. The van der Waals surface area contributed by atoms with Crippen LogP contribution < -0.4 is 16.0 Å². The topological polar surface area (TPSA) is 123 Å². The predicted octanol–water partition coefficient (Wildman–Crippen LogP) is 4.15. The maximum atomic E-state index is 12.9. The average Bonchev–Trinajstić information content (AvgIpc) is 3.33. The van der Waals surface area contributed by atoms with Crippen molar-refractivity contribution in [3.05, 3.63) is 82.2 Å². The number of fused-ring (bicyclic) bond motifs is 1. The van der Waals surface area contributed by atoms with Gasteiger partial charge in [0, 0.05) is 28.2 Å². The molecule has 2 atom stereocenters. The summed E-state index contributed by atoms with van der Waals surface area (Å²) in [6.07, 6.45) is 0.356. The fraction of sp³-hybridized carbons (Fsp3) is 0.222. The Morgan fingerprint density at radius 3 is 2.56 bits per heavy atom. The second-order valence-corrected chi connectivity index (χ2v) is 9.01. The van der Waals surface area contributed by atoms with Crippen molar-refractivity contribution in [1.29, 1.82) is 0 Å². The minimum atomic E-state index is -1.33. The fourth-order valence-corrected chi connectivity index (χ4v) is 4.24. The van der Waals surface area contributed by atoms with Crippen LogP contribution in [0.25, 0.3) is 11.6 Å². The summed E-state index contributed by atoms with van der Waals surface area (Å²) in [7, 11) is 0. The molecule has 0 aliphatic carbocycles. The van der Waals surface area contributed by atoms with E-state index in [0.717, 1.165) is 5.56 Å². The highest BCUT2D eigenvalue weighted by molar-refractivity contribution is 6.35. The SMILES string of the molecule is Cc1[nH]c(/C=C2\C(=O)Nc3ccc(C(=O)N[C@H](C)c4ccccc4)cc32)c(C)c1NC(=O)C(O)CCl. The first-order valence-electron chi connectivity index (χ1n) is 11.5. The van der Waals surface area contributed by atoms with Crippen LogP contribution in [0, 0.1) is 13.8 Å². The lowest BCUT2D eigenvalue weighted by Gasteiger charge is -2.14. The maximum absolute atomic E-state index is 12.9. The number of anilines is 2. The highest BCUT2D eigenvalue weighted by Crippen LogP contribution is 2.35. The van der Waals surface area contributed by atoms with Crippen molar-refractivity contribution in [2.75, 3.05) is 16.5 Å². The Bertz CT molecular complexity index is 1360. The number of nitrogens with one attached hydrogen (secondary N) is 4. The Morgan fingerprint density at radius 1 is 1.14 bits per heavy atom. The van der Waals surface area contributed by atoms with E-state index in [1.165, 1.54) is 0 Å². The number of benzene rings is 2. The van der Waals surface area contributed by atoms with E-state index >= 15 is 0 Å². The van der Waals surface area contributed by atoms with Gasteiger partial charge >= 0.3 is 0 Å². The van der Waals surface area contributed by atoms with Crippen molar-refractivity contribution in [3.63, 3.8) is 0 Å². The van der Waals surface area contributed by atoms with Crippen molar-refractivity contribution in [2.45, 2.75) is 32.9 Å². The van der Waals surface area contributed by atoms with Gasteiger partial charge in [-0.3, -0.25) is 14.4 Å². The first kappa shape index (κ1) is 25.2. The Kier molecular flexibility index (Phi) is 7.28. The van der Waals surface area contributed by atoms with E-state index in [4.69, 9.17) is 11.6 Å². The molecule has 0 fully saturated rings. The zero-order chi connectivity index (χ0) is 26.0. The highest BCUT2D eigenvalue weighted by Gasteiger charge is 2.27. The number of aromatic nitrogens is 1. The Morgan fingerprint density at radius 2 is 1.86 bits per heavy atom. The molecule has 5 N–H and O–H groups in total. The normalized spacial score (nSPS) is 15.2. The standard InChI is InChI=1S/C27H27ClN4O4/c1-14-22(29-16(3)24(14)32-27(36)23(33)13-28)12-20-19-11-18(9-10-21(19)31-26(20)35)25(34)30-15(2)17-7-5-4-6-8-17/h4-12,15,23,29,33H,13H2,1-3H3,(H,30,34)(H,31,35)(H,32,36)/b20-12-/t15-,23?/m1/s1. The lowest BCUT2D eigenvalue weighted by molar-refractivity contribution is -0.123. The third-order valence-corrected chi connectivity index (χ3v) is 6.47. The number of aromatic amines is 1. The van der Waals surface area contributed by atoms with Crippen molar-refractivity contribution < 1.29 is 19.5 Å². The minimum absolute atomic E-state index is 0.183. The van der Waals surface area contributed by atoms with Gasteiger partial charge in [-0.2, -0.15) is 0 Å². The van der Waals surface area contributed by atoms with Gasteiger partial charge in [0.1, 0.15) is 6.10 Å². The summed E-state index contributed by atoms with van der Waals surface area (Å²) in [6, 6.07) is 14.6. The number of rotatable bonds is 7. The first-order valence-corrected chi connectivity index (χ1v) is 12.0. The lowest BCUT2D eigenvalue weighted by Crippen LogP contribution is -2.29. The second-order valence-electron chi connectivity index (χ2n) is 8.70. The third kappa shape index (κ3) is 5.05. The number of hydrogen-bond acceptors (Lipinski definition) is 4. The molecule has 0 radical (unpaired) electrons. The number of alkyl halides is 1. The Hall–Kier alpha value is -3.88. The van der Waals surface area contributed by atoms with Crippen LogP contribution in [0.2, 0.25) is 0 Å². The van der Waals surface area contributed by atoms with Crippen LogP contribution >= 0.6 is 11.6 Å². The molecule has 0 spiro atoms. The van der Waals surface area contributed by atoms with E-state index < -0.39 is 12.0 Å². The molecule has 2 aromatic carbocycles. The van der Waals surface area contributed by atoms with Crippen LogP contribution in [0.1, 0.15) is 51.4 Å². The highest BCUT2D eigenvalue weighted by atomic mass is 35.5. The van der Waals surface area contributed by atoms with Gasteiger partial charge < -0.3 is 26.0 Å². The van der Waals surface area contributed by atoms with Gasteiger partial charge in [0.25, 0.3) is 17.7 Å². The largest absolute Gasteiger partial charge is 0.382 e. The summed E-state index contributed by atoms with van der Waals surface area (Å²) >= 11 is 5.57. The predicted molar refractivity (Wildman–Crippen MR) is 141 cm³/mol. The number of aliphatic hydroxyl groups is 1. The van der Waals surface area contributed by atoms with Crippen LogP contribution in [-0.4, -0.2) is 39.8 Å². The summed E-state index contributed by atoms with van der Waals surface area (Å²) in [5.74, 6) is -1.38. The van der Waals surface area contributed by atoms with Gasteiger partial charge in [0.2, 0.25) is 0 Å². The molecule has 1 aliphatic heterocycles. The fourth-order valence-electron chi connectivity index (χ4n) is 4.10. The molecule has 2 heterocycles. The third-order valence-electron chi connectivity index (χ3n) is 6.17. The number of hydrogen-bond donors (Lipinski definition) is 5. The van der Waals surface area contributed by atoms with E-state index in [1.807, 2.05) is 37.3 Å². The average molecular weight is 507 g/mol. The first-order chi connectivity index (χ1) is 17.2. The molecule has 0 saturated carbocycles. The molecular weight excluding hydrogens is 480 g/mol. The van der Waals surface area contributed by atoms with Gasteiger partial charge in [-0.1, -0.05) is 30.3 Å².